The van der Waals surface area contributed by atoms with Crippen LogP contribution in [0.2, 0.25) is 0 Å². The highest BCUT2D eigenvalue weighted by atomic mass is 16.4. The molecule has 0 radical (unpaired) electrons. The maximum Gasteiger partial charge on any atom is 0.326 e. The van der Waals surface area contributed by atoms with Crippen LogP contribution < -0.4 is 0 Å². The zero-order valence-electron chi connectivity index (χ0n) is 12.2. The average Bonchev–Trinajstić information content (AvgIpc) is 2.81. The number of carboxylic acids is 1. The Labute approximate surface area is 119 Å². The van der Waals surface area contributed by atoms with Gasteiger partial charge in [-0.2, -0.15) is 0 Å². The summed E-state index contributed by atoms with van der Waals surface area (Å²) in [5, 5.41) is 18.8. The van der Waals surface area contributed by atoms with Crippen molar-refractivity contribution in [3.63, 3.8) is 0 Å². The lowest BCUT2D eigenvalue weighted by Gasteiger charge is -2.40. The van der Waals surface area contributed by atoms with E-state index in [4.69, 9.17) is 5.11 Å². The first-order valence-corrected chi connectivity index (χ1v) is 7.33. The van der Waals surface area contributed by atoms with E-state index in [1.54, 1.807) is 4.90 Å². The summed E-state index contributed by atoms with van der Waals surface area (Å²) >= 11 is 0. The molecule has 2 amide bonds. The molecular weight excluding hydrogens is 260 g/mol. The molecule has 2 heterocycles. The van der Waals surface area contributed by atoms with Crippen LogP contribution in [0.25, 0.3) is 0 Å². The van der Waals surface area contributed by atoms with E-state index in [1.165, 1.54) is 4.90 Å². The van der Waals surface area contributed by atoms with E-state index >= 15 is 0 Å². The Hall–Kier alpha value is -1.30. The number of likely N-dealkylation sites (tertiary alicyclic amines) is 2. The molecule has 2 atom stereocenters. The fraction of sp³-hybridized carbons (Fsp3) is 0.857. The standard InChI is InChI=1S/C14H24N2O4/c1-3-14(2)4-6-15(7-5-14)13(20)16-9-10(17)8-11(16)12(18)19/h10-11,17H,3-9H2,1-2H3,(H,18,19)/t10-,11-/m1/s1. The van der Waals surface area contributed by atoms with Gasteiger partial charge in [-0.05, 0) is 18.3 Å². The number of hydrogen-bond acceptors (Lipinski definition) is 3. The number of carboxylic acid groups (broad SMARTS) is 1. The van der Waals surface area contributed by atoms with Crippen molar-refractivity contribution in [2.45, 2.75) is 51.7 Å². The summed E-state index contributed by atoms with van der Waals surface area (Å²) < 4.78 is 0. The van der Waals surface area contributed by atoms with Crippen molar-refractivity contribution in [3.8, 4) is 0 Å². The molecule has 0 spiro atoms. The number of carbonyl (C=O) groups is 2. The van der Waals surface area contributed by atoms with Gasteiger partial charge >= 0.3 is 12.0 Å². The molecule has 114 valence electrons. The van der Waals surface area contributed by atoms with Gasteiger partial charge in [0.05, 0.1) is 6.10 Å². The lowest BCUT2D eigenvalue weighted by molar-refractivity contribution is -0.141. The van der Waals surface area contributed by atoms with Crippen molar-refractivity contribution in [2.75, 3.05) is 19.6 Å². The minimum absolute atomic E-state index is 0.122. The first-order chi connectivity index (χ1) is 9.36. The lowest BCUT2D eigenvalue weighted by atomic mass is 9.78. The van der Waals surface area contributed by atoms with Crippen LogP contribution in [0.15, 0.2) is 0 Å². The first kappa shape index (κ1) is 15.1. The van der Waals surface area contributed by atoms with Gasteiger partial charge in [0.15, 0.2) is 0 Å². The number of amides is 2. The number of aliphatic carboxylic acids is 1. The van der Waals surface area contributed by atoms with Crippen molar-refractivity contribution in [1.82, 2.24) is 9.80 Å². The lowest BCUT2D eigenvalue weighted by Crippen LogP contribution is -2.51. The minimum atomic E-state index is -1.04. The molecule has 2 rings (SSSR count). The molecule has 2 N–H and O–H groups in total. The van der Waals surface area contributed by atoms with Crippen LogP contribution in [-0.4, -0.2) is 63.8 Å². The maximum absolute atomic E-state index is 12.4. The highest BCUT2D eigenvalue weighted by molar-refractivity contribution is 5.83. The molecule has 0 aromatic heterocycles. The van der Waals surface area contributed by atoms with E-state index in [0.29, 0.717) is 13.1 Å². The maximum atomic E-state index is 12.4. The SMILES string of the molecule is CCC1(C)CCN(C(=O)N2C[C@H](O)C[C@@H]2C(=O)O)CC1. The highest BCUT2D eigenvalue weighted by Crippen LogP contribution is 2.34. The number of hydrogen-bond donors (Lipinski definition) is 2. The van der Waals surface area contributed by atoms with Gasteiger partial charge in [-0.25, -0.2) is 9.59 Å². The summed E-state index contributed by atoms with van der Waals surface area (Å²) in [5.41, 5.74) is 0.285. The molecule has 2 aliphatic heterocycles. The van der Waals surface area contributed by atoms with Gasteiger partial charge in [-0.15, -0.1) is 0 Å². The second-order valence-corrected chi connectivity index (χ2v) is 6.33. The Morgan fingerprint density at radius 3 is 2.40 bits per heavy atom. The number of nitrogens with zero attached hydrogens (tertiary/aromatic N) is 2. The number of aliphatic hydroxyl groups excluding tert-OH is 1. The first-order valence-electron chi connectivity index (χ1n) is 7.33. The number of β-amino-alcohol motifs (C(OH)–C–C–N with tert-alkyl or cyclic N) is 1. The van der Waals surface area contributed by atoms with Crippen LogP contribution in [0.4, 0.5) is 4.79 Å². The Morgan fingerprint density at radius 1 is 1.30 bits per heavy atom. The third-order valence-electron chi connectivity index (χ3n) is 4.90. The van der Waals surface area contributed by atoms with E-state index in [1.807, 2.05) is 0 Å². The minimum Gasteiger partial charge on any atom is -0.480 e. The quantitative estimate of drug-likeness (QED) is 0.796. The van der Waals surface area contributed by atoms with Gasteiger partial charge < -0.3 is 20.0 Å². The predicted molar refractivity (Wildman–Crippen MR) is 73.4 cm³/mol. The van der Waals surface area contributed by atoms with Crippen LogP contribution >= 0.6 is 0 Å². The van der Waals surface area contributed by atoms with Gasteiger partial charge in [0, 0.05) is 26.1 Å². The average molecular weight is 284 g/mol. The number of aliphatic hydroxyl groups is 1. The van der Waals surface area contributed by atoms with Crippen LogP contribution in [0.1, 0.15) is 39.5 Å². The van der Waals surface area contributed by atoms with Gasteiger partial charge in [0.2, 0.25) is 0 Å². The Morgan fingerprint density at radius 2 is 1.90 bits per heavy atom. The van der Waals surface area contributed by atoms with Crippen molar-refractivity contribution in [3.05, 3.63) is 0 Å². The third-order valence-corrected chi connectivity index (χ3v) is 4.90. The van der Waals surface area contributed by atoms with E-state index in [-0.39, 0.29) is 24.4 Å². The largest absolute Gasteiger partial charge is 0.480 e. The summed E-state index contributed by atoms with van der Waals surface area (Å²) in [7, 11) is 0. The Bertz CT molecular complexity index is 391. The van der Waals surface area contributed by atoms with E-state index in [2.05, 4.69) is 13.8 Å². The summed E-state index contributed by atoms with van der Waals surface area (Å²) in [4.78, 5) is 26.6. The number of urea groups is 1. The van der Waals surface area contributed by atoms with Crippen molar-refractivity contribution in [2.24, 2.45) is 5.41 Å². The van der Waals surface area contributed by atoms with Crippen LogP contribution in [0.3, 0.4) is 0 Å². The summed E-state index contributed by atoms with van der Waals surface area (Å²) in [5.74, 6) is -1.04. The zero-order chi connectivity index (χ0) is 14.9. The monoisotopic (exact) mass is 284 g/mol. The second kappa shape index (κ2) is 5.60. The molecule has 0 aliphatic carbocycles. The molecule has 0 saturated carbocycles. The summed E-state index contributed by atoms with van der Waals surface area (Å²) in [6.07, 6.45) is 2.38. The Balaban J connectivity index is 2.00. The fourth-order valence-corrected chi connectivity index (χ4v) is 3.03. The summed E-state index contributed by atoms with van der Waals surface area (Å²) in [6, 6.07) is -1.14. The van der Waals surface area contributed by atoms with Gasteiger partial charge in [-0.3, -0.25) is 0 Å². The second-order valence-electron chi connectivity index (χ2n) is 6.33. The van der Waals surface area contributed by atoms with Crippen molar-refractivity contribution < 1.29 is 19.8 Å². The van der Waals surface area contributed by atoms with E-state index in [9.17, 15) is 14.7 Å². The van der Waals surface area contributed by atoms with Gasteiger partial charge in [-0.1, -0.05) is 20.3 Å². The number of piperidine rings is 1. The molecule has 6 heteroatoms. The topological polar surface area (TPSA) is 81.1 Å². The number of carbonyl (C=O) groups excluding carboxylic acids is 1. The molecule has 0 aromatic rings. The molecular formula is C14H24N2O4. The molecule has 0 aromatic carbocycles. The fourth-order valence-electron chi connectivity index (χ4n) is 3.03. The van der Waals surface area contributed by atoms with E-state index in [0.717, 1.165) is 19.3 Å². The number of rotatable bonds is 2. The third kappa shape index (κ3) is 2.90. The molecule has 20 heavy (non-hydrogen) atoms. The molecule has 6 nitrogen and oxygen atoms in total. The predicted octanol–water partition coefficient (Wildman–Crippen LogP) is 1.14. The Kier molecular flexibility index (Phi) is 4.22. The van der Waals surface area contributed by atoms with Gasteiger partial charge in [0.25, 0.3) is 0 Å². The normalized spacial score (nSPS) is 29.6. The van der Waals surface area contributed by atoms with E-state index < -0.39 is 18.1 Å². The van der Waals surface area contributed by atoms with Crippen LogP contribution in [-0.2, 0) is 4.79 Å². The highest BCUT2D eigenvalue weighted by Gasteiger charge is 2.41. The van der Waals surface area contributed by atoms with Crippen LogP contribution in [0.5, 0.6) is 0 Å². The smallest absolute Gasteiger partial charge is 0.326 e. The molecule has 2 fully saturated rings. The molecule has 2 aliphatic rings. The molecule has 2 saturated heterocycles. The van der Waals surface area contributed by atoms with Crippen LogP contribution in [0, 0.1) is 5.41 Å². The molecule has 0 bridgehead atoms. The molecule has 0 unspecified atom stereocenters. The van der Waals surface area contributed by atoms with Crippen molar-refractivity contribution >= 4 is 12.0 Å². The zero-order valence-corrected chi connectivity index (χ0v) is 12.2. The van der Waals surface area contributed by atoms with Crippen molar-refractivity contribution in [1.29, 1.82) is 0 Å². The summed E-state index contributed by atoms with van der Waals surface area (Å²) in [6.45, 7) is 5.85. The van der Waals surface area contributed by atoms with Gasteiger partial charge in [0.1, 0.15) is 6.04 Å².